The largest absolute Gasteiger partial charge is 0.416 e. The van der Waals surface area contributed by atoms with Crippen molar-refractivity contribution < 1.29 is 23.1 Å². The fourth-order valence-corrected chi connectivity index (χ4v) is 2.26. The fourth-order valence-electron chi connectivity index (χ4n) is 1.62. The summed E-state index contributed by atoms with van der Waals surface area (Å²) in [5.41, 5.74) is -2.03. The molecule has 0 unspecified atom stereocenters. The van der Waals surface area contributed by atoms with Crippen molar-refractivity contribution in [3.63, 3.8) is 0 Å². The van der Waals surface area contributed by atoms with Gasteiger partial charge in [0.05, 0.1) is 11.2 Å². The van der Waals surface area contributed by atoms with Crippen LogP contribution < -0.4 is 5.32 Å². The van der Waals surface area contributed by atoms with E-state index in [-0.39, 0.29) is 12.1 Å². The summed E-state index contributed by atoms with van der Waals surface area (Å²) in [6, 6.07) is 4.20. The van der Waals surface area contributed by atoms with Crippen LogP contribution in [0.1, 0.15) is 29.3 Å². The van der Waals surface area contributed by atoms with Gasteiger partial charge < -0.3 is 10.4 Å². The van der Waals surface area contributed by atoms with Crippen molar-refractivity contribution in [2.75, 3.05) is 18.6 Å². The molecule has 1 aromatic rings. The van der Waals surface area contributed by atoms with Crippen LogP contribution in [0.15, 0.2) is 24.3 Å². The lowest BCUT2D eigenvalue weighted by Crippen LogP contribution is -2.41. The van der Waals surface area contributed by atoms with Crippen LogP contribution in [0.3, 0.4) is 0 Å². The highest BCUT2D eigenvalue weighted by Crippen LogP contribution is 2.29. The van der Waals surface area contributed by atoms with Crippen molar-refractivity contribution >= 4 is 17.7 Å². The first-order chi connectivity index (χ1) is 9.65. The molecule has 0 radical (unpaired) electrons. The summed E-state index contributed by atoms with van der Waals surface area (Å²) in [5, 5.41) is 12.5. The van der Waals surface area contributed by atoms with Crippen molar-refractivity contribution in [1.82, 2.24) is 5.32 Å². The number of carbonyl (C=O) groups is 1. The first-order valence-electron chi connectivity index (χ1n) is 6.32. The van der Waals surface area contributed by atoms with Crippen LogP contribution >= 0.6 is 11.8 Å². The van der Waals surface area contributed by atoms with Gasteiger partial charge in [-0.05, 0) is 43.6 Å². The van der Waals surface area contributed by atoms with E-state index in [1.165, 1.54) is 12.1 Å². The molecule has 1 rings (SSSR count). The van der Waals surface area contributed by atoms with Gasteiger partial charge in [0.2, 0.25) is 0 Å². The second kappa shape index (κ2) is 7.17. The number of halogens is 3. The van der Waals surface area contributed by atoms with Crippen LogP contribution in [0.2, 0.25) is 0 Å². The van der Waals surface area contributed by atoms with E-state index < -0.39 is 23.2 Å². The zero-order chi connectivity index (χ0) is 16.1. The minimum atomic E-state index is -4.49. The molecule has 0 aliphatic carbocycles. The third kappa shape index (κ3) is 5.97. The summed E-state index contributed by atoms with van der Waals surface area (Å²) in [4.78, 5) is 11.8. The third-order valence-electron chi connectivity index (χ3n) is 2.93. The van der Waals surface area contributed by atoms with Crippen molar-refractivity contribution in [1.29, 1.82) is 0 Å². The maximum absolute atomic E-state index is 12.6. The molecule has 0 aromatic heterocycles. The molecular weight excluding hydrogens is 303 g/mol. The number of benzene rings is 1. The molecule has 0 aliphatic heterocycles. The predicted octanol–water partition coefficient (Wildman–Crippen LogP) is 2.94. The first-order valence-corrected chi connectivity index (χ1v) is 7.72. The number of amides is 1. The Kier molecular flexibility index (Phi) is 6.10. The molecular formula is C14H18F3NO2S. The summed E-state index contributed by atoms with van der Waals surface area (Å²) >= 11 is 1.57. The van der Waals surface area contributed by atoms with Crippen LogP contribution in [-0.2, 0) is 6.18 Å². The number of nitrogens with one attached hydrogen (secondary N) is 1. The molecule has 0 aliphatic rings. The average Bonchev–Trinajstić information content (AvgIpc) is 2.42. The van der Waals surface area contributed by atoms with Gasteiger partial charge in [0.1, 0.15) is 0 Å². The van der Waals surface area contributed by atoms with Crippen LogP contribution in [0.5, 0.6) is 0 Å². The predicted molar refractivity (Wildman–Crippen MR) is 77.4 cm³/mol. The monoisotopic (exact) mass is 321 g/mol. The molecule has 1 atom stereocenters. The fraction of sp³-hybridized carbons (Fsp3) is 0.500. The van der Waals surface area contributed by atoms with E-state index in [1.54, 1.807) is 18.7 Å². The standard InChI is InChI=1S/C14H18F3NO2S/c1-13(20,6-7-21-2)9-18-12(19)10-4-3-5-11(8-10)14(15,16)17/h3-5,8,20H,6-7,9H2,1-2H3,(H,18,19)/t13-/m0/s1. The Bertz CT molecular complexity index is 489. The molecule has 0 heterocycles. The Morgan fingerprint density at radius 1 is 1.38 bits per heavy atom. The van der Waals surface area contributed by atoms with Crippen molar-refractivity contribution in [2.24, 2.45) is 0 Å². The van der Waals surface area contributed by atoms with Crippen LogP contribution in [0, 0.1) is 0 Å². The van der Waals surface area contributed by atoms with Gasteiger partial charge in [-0.2, -0.15) is 24.9 Å². The molecule has 0 bridgehead atoms. The number of hydrogen-bond donors (Lipinski definition) is 2. The van der Waals surface area contributed by atoms with E-state index >= 15 is 0 Å². The Hall–Kier alpha value is -1.21. The molecule has 118 valence electrons. The first kappa shape index (κ1) is 17.8. The summed E-state index contributed by atoms with van der Waals surface area (Å²) in [5.74, 6) is 0.0948. The number of hydrogen-bond acceptors (Lipinski definition) is 3. The lowest BCUT2D eigenvalue weighted by molar-refractivity contribution is -0.137. The second-order valence-electron chi connectivity index (χ2n) is 5.00. The third-order valence-corrected chi connectivity index (χ3v) is 3.54. The van der Waals surface area contributed by atoms with Crippen LogP contribution in [0.25, 0.3) is 0 Å². The Balaban J connectivity index is 2.68. The lowest BCUT2D eigenvalue weighted by atomic mass is 10.0. The minimum Gasteiger partial charge on any atom is -0.388 e. The van der Waals surface area contributed by atoms with E-state index in [0.29, 0.717) is 6.42 Å². The molecule has 0 fully saturated rings. The van der Waals surface area contributed by atoms with E-state index in [9.17, 15) is 23.1 Å². The van der Waals surface area contributed by atoms with E-state index in [1.807, 2.05) is 6.26 Å². The Labute approximate surface area is 125 Å². The van der Waals surface area contributed by atoms with Gasteiger partial charge in [0.25, 0.3) is 5.91 Å². The van der Waals surface area contributed by atoms with Crippen LogP contribution in [0.4, 0.5) is 13.2 Å². The van der Waals surface area contributed by atoms with E-state index in [0.717, 1.165) is 17.9 Å². The molecule has 7 heteroatoms. The molecule has 1 amide bonds. The summed E-state index contributed by atoms with van der Waals surface area (Å²) in [6.45, 7) is 1.57. The van der Waals surface area contributed by atoms with Gasteiger partial charge in [0.15, 0.2) is 0 Å². The van der Waals surface area contributed by atoms with Gasteiger partial charge in [-0.15, -0.1) is 0 Å². The molecule has 0 saturated carbocycles. The maximum atomic E-state index is 12.6. The number of alkyl halides is 3. The van der Waals surface area contributed by atoms with Gasteiger partial charge in [-0.3, -0.25) is 4.79 Å². The quantitative estimate of drug-likeness (QED) is 0.847. The Morgan fingerprint density at radius 2 is 2.05 bits per heavy atom. The average molecular weight is 321 g/mol. The number of aliphatic hydroxyl groups is 1. The molecule has 3 nitrogen and oxygen atoms in total. The van der Waals surface area contributed by atoms with Gasteiger partial charge >= 0.3 is 6.18 Å². The molecule has 21 heavy (non-hydrogen) atoms. The van der Waals surface area contributed by atoms with E-state index in [2.05, 4.69) is 5.32 Å². The second-order valence-corrected chi connectivity index (χ2v) is 5.99. The van der Waals surface area contributed by atoms with Crippen molar-refractivity contribution in [3.8, 4) is 0 Å². The molecule has 2 N–H and O–H groups in total. The van der Waals surface area contributed by atoms with Gasteiger partial charge in [-0.1, -0.05) is 6.07 Å². The number of rotatable bonds is 6. The normalized spacial score (nSPS) is 14.6. The van der Waals surface area contributed by atoms with Crippen molar-refractivity contribution in [2.45, 2.75) is 25.1 Å². The van der Waals surface area contributed by atoms with E-state index in [4.69, 9.17) is 0 Å². The highest BCUT2D eigenvalue weighted by Gasteiger charge is 2.31. The smallest absolute Gasteiger partial charge is 0.388 e. The summed E-state index contributed by atoms with van der Waals surface area (Å²) in [6.07, 6.45) is -2.10. The summed E-state index contributed by atoms with van der Waals surface area (Å²) < 4.78 is 37.7. The lowest BCUT2D eigenvalue weighted by Gasteiger charge is -2.23. The topological polar surface area (TPSA) is 49.3 Å². The summed E-state index contributed by atoms with van der Waals surface area (Å²) in [7, 11) is 0. The number of carbonyl (C=O) groups excluding carboxylic acids is 1. The molecule has 0 spiro atoms. The molecule has 0 saturated heterocycles. The van der Waals surface area contributed by atoms with Gasteiger partial charge in [0, 0.05) is 12.1 Å². The minimum absolute atomic E-state index is 0.0113. The van der Waals surface area contributed by atoms with Gasteiger partial charge in [-0.25, -0.2) is 0 Å². The number of thioether (sulfide) groups is 1. The SMILES string of the molecule is CSCC[C@](C)(O)CNC(=O)c1cccc(C(F)(F)F)c1. The van der Waals surface area contributed by atoms with Crippen molar-refractivity contribution in [3.05, 3.63) is 35.4 Å². The Morgan fingerprint density at radius 3 is 2.62 bits per heavy atom. The zero-order valence-electron chi connectivity index (χ0n) is 11.8. The molecule has 1 aromatic carbocycles. The highest BCUT2D eigenvalue weighted by atomic mass is 32.2. The highest BCUT2D eigenvalue weighted by molar-refractivity contribution is 7.98. The maximum Gasteiger partial charge on any atom is 0.416 e. The zero-order valence-corrected chi connectivity index (χ0v) is 12.6. The van der Waals surface area contributed by atoms with Crippen LogP contribution in [-0.4, -0.2) is 35.2 Å².